The number of carbonyl (C=O) groups excluding carboxylic acids is 1. The molecule has 3 fully saturated rings. The first-order valence-electron chi connectivity index (χ1n) is 20.7. The zero-order chi connectivity index (χ0) is 37.9. The Morgan fingerprint density at radius 1 is 0.963 bits per heavy atom. The van der Waals surface area contributed by atoms with Crippen molar-refractivity contribution in [1.29, 1.82) is 0 Å². The van der Waals surface area contributed by atoms with E-state index < -0.39 is 26.8 Å². The number of fused-ring (bicyclic) bond motifs is 4. The number of nitrogens with zero attached hydrogens (tertiary/aromatic N) is 3. The Morgan fingerprint density at radius 3 is 2.63 bits per heavy atom. The minimum Gasteiger partial charge on any atom is -0.487 e. The number of rotatable bonds is 5. The van der Waals surface area contributed by atoms with Gasteiger partial charge in [0.05, 0.1) is 10.9 Å². The van der Waals surface area contributed by atoms with Gasteiger partial charge in [-0.2, -0.15) is 0 Å². The Labute approximate surface area is 328 Å². The van der Waals surface area contributed by atoms with Crippen molar-refractivity contribution in [3.05, 3.63) is 70.3 Å². The lowest BCUT2D eigenvalue weighted by molar-refractivity contribution is -0.119. The molecule has 2 aromatic carbocycles. The Kier molecular flexibility index (Phi) is 12.6. The van der Waals surface area contributed by atoms with E-state index in [0.717, 1.165) is 94.1 Å². The lowest BCUT2D eigenvalue weighted by Crippen LogP contribution is -2.61. The summed E-state index contributed by atoms with van der Waals surface area (Å²) in [4.78, 5) is 21.4. The fourth-order valence-electron chi connectivity index (χ4n) is 9.55. The van der Waals surface area contributed by atoms with Gasteiger partial charge in [0.2, 0.25) is 10.0 Å². The van der Waals surface area contributed by atoms with Crippen LogP contribution in [0.4, 0.5) is 5.69 Å². The Balaban J connectivity index is 1.27. The van der Waals surface area contributed by atoms with Gasteiger partial charge in [-0.3, -0.25) is 14.6 Å². The maximum absolute atomic E-state index is 13.7. The van der Waals surface area contributed by atoms with E-state index in [-0.39, 0.29) is 5.92 Å². The van der Waals surface area contributed by atoms with E-state index in [1.807, 2.05) is 31.2 Å². The van der Waals surface area contributed by atoms with Gasteiger partial charge in [-0.1, -0.05) is 50.1 Å². The summed E-state index contributed by atoms with van der Waals surface area (Å²) >= 11 is 6.43. The standard InChI is InChI=1S/C43H61ClN4O5S/c1-4-24-53-43(30-46-22-23-47-20-8-6-12-38(47)28-46)19-9-10-31(2)32(3)54(50,51)45-42(49)34-15-18-41-40(26-34)48(27-35-14-17-39(35)43)21-7-5-11-33-25-37(44)16-13-36(33)29-52-41/h9,13,15-16,18-19,25-26,31-32,35,38-39H,4-8,10-12,14,17,20-24,27-30H2,1-3H3,(H,45,49)/b19-9+/t31-,32+,35-,38+,39+,43-/m0/s1. The highest BCUT2D eigenvalue weighted by Crippen LogP contribution is 2.47. The molecule has 0 spiro atoms. The van der Waals surface area contributed by atoms with Crippen LogP contribution in [0.15, 0.2) is 48.6 Å². The molecular formula is C43H61ClN4O5S. The number of benzene rings is 2. The normalized spacial score (nSPS) is 31.7. The highest BCUT2D eigenvalue weighted by atomic mass is 35.5. The van der Waals surface area contributed by atoms with Crippen LogP contribution in [-0.4, -0.2) is 93.4 Å². The minimum atomic E-state index is -3.95. The number of carbonyl (C=O) groups is 1. The molecule has 6 atom stereocenters. The van der Waals surface area contributed by atoms with Crippen molar-refractivity contribution >= 4 is 33.2 Å². The quantitative estimate of drug-likeness (QED) is 0.313. The molecule has 2 saturated heterocycles. The summed E-state index contributed by atoms with van der Waals surface area (Å²) in [5, 5.41) is -0.0436. The van der Waals surface area contributed by atoms with Crippen LogP contribution in [-0.2, 0) is 27.8 Å². The van der Waals surface area contributed by atoms with Gasteiger partial charge in [-0.25, -0.2) is 13.1 Å². The second kappa shape index (κ2) is 17.2. The lowest BCUT2D eigenvalue weighted by atomic mass is 9.63. The number of anilines is 1. The van der Waals surface area contributed by atoms with Gasteiger partial charge in [0, 0.05) is 62.5 Å². The van der Waals surface area contributed by atoms with E-state index in [2.05, 4.69) is 44.6 Å². The van der Waals surface area contributed by atoms with Crippen molar-refractivity contribution in [2.75, 3.05) is 57.3 Å². The van der Waals surface area contributed by atoms with Crippen LogP contribution in [0.3, 0.4) is 0 Å². The topological polar surface area (TPSA) is 91.4 Å². The van der Waals surface area contributed by atoms with Crippen molar-refractivity contribution in [2.45, 2.75) is 108 Å². The summed E-state index contributed by atoms with van der Waals surface area (Å²) < 4.78 is 43.5. The van der Waals surface area contributed by atoms with E-state index in [1.165, 1.54) is 31.4 Å². The molecule has 2 bridgehead atoms. The van der Waals surface area contributed by atoms with Gasteiger partial charge in [0.25, 0.3) is 5.91 Å². The number of piperazine rings is 1. The van der Waals surface area contributed by atoms with E-state index in [0.29, 0.717) is 48.8 Å². The largest absolute Gasteiger partial charge is 0.487 e. The number of piperidine rings is 1. The average molecular weight is 782 g/mol. The first-order valence-corrected chi connectivity index (χ1v) is 22.6. The van der Waals surface area contributed by atoms with Crippen molar-refractivity contribution in [3.63, 3.8) is 0 Å². The van der Waals surface area contributed by atoms with Crippen LogP contribution in [0.5, 0.6) is 5.75 Å². The van der Waals surface area contributed by atoms with Crippen molar-refractivity contribution in [2.24, 2.45) is 17.8 Å². The molecule has 0 unspecified atom stereocenters. The van der Waals surface area contributed by atoms with Gasteiger partial charge in [0.15, 0.2) is 0 Å². The van der Waals surface area contributed by atoms with E-state index in [4.69, 9.17) is 21.1 Å². The zero-order valence-corrected chi connectivity index (χ0v) is 34.2. The second-order valence-corrected chi connectivity index (χ2v) is 19.2. The third-order valence-corrected chi connectivity index (χ3v) is 15.3. The molecule has 9 nitrogen and oxygen atoms in total. The van der Waals surface area contributed by atoms with Crippen LogP contribution < -0.4 is 14.4 Å². The highest BCUT2D eigenvalue weighted by Gasteiger charge is 2.49. The highest BCUT2D eigenvalue weighted by molar-refractivity contribution is 7.90. The maximum atomic E-state index is 13.7. The number of halogens is 1. The summed E-state index contributed by atoms with van der Waals surface area (Å²) in [5.74, 6) is 0.545. The third kappa shape index (κ3) is 8.83. The fourth-order valence-corrected chi connectivity index (χ4v) is 11.0. The van der Waals surface area contributed by atoms with Crippen LogP contribution in [0.25, 0.3) is 0 Å². The molecule has 4 aliphatic heterocycles. The number of amides is 1. The van der Waals surface area contributed by atoms with Crippen LogP contribution >= 0.6 is 11.6 Å². The number of sulfonamides is 1. The molecule has 5 aliphatic rings. The van der Waals surface area contributed by atoms with Crippen molar-refractivity contribution < 1.29 is 22.7 Å². The van der Waals surface area contributed by atoms with E-state index >= 15 is 0 Å². The number of hydrogen-bond donors (Lipinski definition) is 1. The molecule has 54 heavy (non-hydrogen) atoms. The molecular weight excluding hydrogens is 720 g/mol. The molecule has 296 valence electrons. The number of hydrogen-bond acceptors (Lipinski definition) is 8. The predicted molar refractivity (Wildman–Crippen MR) is 217 cm³/mol. The summed E-state index contributed by atoms with van der Waals surface area (Å²) in [5.41, 5.74) is 2.96. The molecule has 1 aliphatic carbocycles. The first kappa shape index (κ1) is 39.6. The van der Waals surface area contributed by atoms with Crippen molar-refractivity contribution in [1.82, 2.24) is 14.5 Å². The number of allylic oxidation sites excluding steroid dienone is 1. The van der Waals surface area contributed by atoms with Gasteiger partial charge in [-0.05, 0) is 130 Å². The van der Waals surface area contributed by atoms with Gasteiger partial charge in [0.1, 0.15) is 18.0 Å². The first-order chi connectivity index (χ1) is 26.0. The second-order valence-electron chi connectivity index (χ2n) is 16.8. The minimum absolute atomic E-state index is 0.208. The Bertz CT molecular complexity index is 1770. The van der Waals surface area contributed by atoms with Gasteiger partial charge < -0.3 is 14.4 Å². The smallest absolute Gasteiger partial charge is 0.264 e. The molecule has 0 radical (unpaired) electrons. The van der Waals surface area contributed by atoms with Crippen LogP contribution in [0, 0.1) is 17.8 Å². The molecule has 1 saturated carbocycles. The van der Waals surface area contributed by atoms with Crippen LogP contribution in [0.2, 0.25) is 5.02 Å². The SMILES string of the molecule is CCCO[C@]1(CN2CCN3CCCC[C@@H]3C2)/C=C/C[C@H](C)[C@@H](C)S(=O)(=O)NC(=O)c2ccc3c(c2)N(CCCCc2cc(Cl)ccc2CO3)C[C@@H]2CC[C@H]21. The summed E-state index contributed by atoms with van der Waals surface area (Å²) in [6.45, 7) is 13.8. The number of ether oxygens (including phenoxy) is 2. The molecule has 1 N–H and O–H groups in total. The van der Waals surface area contributed by atoms with Crippen molar-refractivity contribution in [3.8, 4) is 5.75 Å². The van der Waals surface area contributed by atoms with Crippen LogP contribution in [0.1, 0.15) is 100 Å². The summed E-state index contributed by atoms with van der Waals surface area (Å²) in [6.07, 6.45) is 14.9. The Morgan fingerprint density at radius 2 is 1.81 bits per heavy atom. The summed E-state index contributed by atoms with van der Waals surface area (Å²) in [7, 11) is -3.95. The van der Waals surface area contributed by atoms with E-state index in [1.54, 1.807) is 13.0 Å². The monoisotopic (exact) mass is 780 g/mol. The zero-order valence-electron chi connectivity index (χ0n) is 32.6. The molecule has 11 heteroatoms. The molecule has 1 amide bonds. The number of aryl methyl sites for hydroxylation is 1. The van der Waals surface area contributed by atoms with E-state index in [9.17, 15) is 13.2 Å². The maximum Gasteiger partial charge on any atom is 0.264 e. The number of nitrogens with one attached hydrogen (secondary N) is 1. The lowest BCUT2D eigenvalue weighted by Gasteiger charge is -2.53. The fraction of sp³-hybridized carbons (Fsp3) is 0.651. The predicted octanol–water partition coefficient (Wildman–Crippen LogP) is 7.47. The molecule has 2 aromatic rings. The third-order valence-electron chi connectivity index (χ3n) is 13.1. The van der Waals surface area contributed by atoms with Gasteiger partial charge in [-0.15, -0.1) is 0 Å². The average Bonchev–Trinajstić information content (AvgIpc) is 3.17. The molecule has 0 aromatic heterocycles. The summed E-state index contributed by atoms with van der Waals surface area (Å²) in [6, 6.07) is 12.0. The molecule has 7 rings (SSSR count). The Hall–Kier alpha value is -2.63. The van der Waals surface area contributed by atoms with Gasteiger partial charge >= 0.3 is 0 Å². The molecule has 4 heterocycles.